The molecule has 0 aliphatic rings. The van der Waals surface area contributed by atoms with Gasteiger partial charge in [-0.05, 0) is 50.7 Å². The molecule has 0 atom stereocenters. The molecule has 0 spiro atoms. The van der Waals surface area contributed by atoms with Gasteiger partial charge in [-0.2, -0.15) is 5.10 Å². The Labute approximate surface area is 129 Å². The van der Waals surface area contributed by atoms with Crippen LogP contribution in [0.2, 0.25) is 0 Å². The molecule has 6 nitrogen and oxygen atoms in total. The van der Waals surface area contributed by atoms with E-state index in [1.54, 1.807) is 4.68 Å². The Morgan fingerprint density at radius 2 is 1.95 bits per heavy atom. The highest BCUT2D eigenvalue weighted by Gasteiger charge is 2.07. The molecule has 0 aliphatic heterocycles. The first-order valence-electron chi connectivity index (χ1n) is 6.92. The fourth-order valence-electron chi connectivity index (χ4n) is 1.94. The monoisotopic (exact) mass is 308 g/mol. The molecule has 2 aromatic rings. The van der Waals surface area contributed by atoms with E-state index in [1.165, 1.54) is 0 Å². The molecule has 1 heterocycles. The molecule has 2 rings (SSSR count). The van der Waals surface area contributed by atoms with Gasteiger partial charge in [0, 0.05) is 0 Å². The molecule has 114 valence electrons. The van der Waals surface area contributed by atoms with Gasteiger partial charge in [0.05, 0.1) is 19.8 Å². The number of nitrogens with zero attached hydrogens (tertiary/aromatic N) is 2. The first kappa shape index (κ1) is 15.4. The highest BCUT2D eigenvalue weighted by Crippen LogP contribution is 2.28. The van der Waals surface area contributed by atoms with Gasteiger partial charge in [-0.3, -0.25) is 5.10 Å². The number of ether oxygens (including phenoxy) is 2. The van der Waals surface area contributed by atoms with Crippen molar-refractivity contribution in [1.29, 1.82) is 0 Å². The van der Waals surface area contributed by atoms with E-state index in [0.717, 1.165) is 22.9 Å². The fourth-order valence-corrected chi connectivity index (χ4v) is 2.18. The Morgan fingerprint density at radius 3 is 2.57 bits per heavy atom. The maximum Gasteiger partial charge on any atom is 0.214 e. The number of aromatic nitrogens is 3. The molecule has 0 radical (unpaired) electrons. The summed E-state index contributed by atoms with van der Waals surface area (Å²) in [6.45, 7) is 7.61. The number of aromatic amines is 1. The molecule has 0 saturated heterocycles. The Balaban J connectivity index is 2.13. The number of hydrogen-bond donors (Lipinski definition) is 2. The van der Waals surface area contributed by atoms with Gasteiger partial charge in [-0.25, -0.2) is 4.68 Å². The van der Waals surface area contributed by atoms with E-state index in [1.807, 2.05) is 39.0 Å². The second kappa shape index (κ2) is 7.12. The van der Waals surface area contributed by atoms with Crippen molar-refractivity contribution in [3.8, 4) is 11.5 Å². The summed E-state index contributed by atoms with van der Waals surface area (Å²) in [5.74, 6) is 2.31. The van der Waals surface area contributed by atoms with Crippen LogP contribution in [-0.2, 0) is 6.54 Å². The molecule has 0 saturated carbocycles. The summed E-state index contributed by atoms with van der Waals surface area (Å²) >= 11 is 5.15. The van der Waals surface area contributed by atoms with Gasteiger partial charge in [-0.15, -0.1) is 0 Å². The van der Waals surface area contributed by atoms with Crippen molar-refractivity contribution in [1.82, 2.24) is 14.9 Å². The predicted molar refractivity (Wildman–Crippen MR) is 84.0 cm³/mol. The first-order chi connectivity index (χ1) is 10.2. The molecule has 7 heteroatoms. The van der Waals surface area contributed by atoms with Crippen molar-refractivity contribution < 1.29 is 9.47 Å². The average Bonchev–Trinajstić information content (AvgIpc) is 2.79. The van der Waals surface area contributed by atoms with Gasteiger partial charge in [0.15, 0.2) is 11.5 Å². The van der Waals surface area contributed by atoms with Crippen molar-refractivity contribution in [2.75, 3.05) is 18.6 Å². The molecular formula is C14H20N4O2S. The van der Waals surface area contributed by atoms with Crippen LogP contribution < -0.4 is 14.9 Å². The van der Waals surface area contributed by atoms with Gasteiger partial charge < -0.3 is 14.9 Å². The molecule has 0 unspecified atom stereocenters. The zero-order chi connectivity index (χ0) is 15.2. The number of benzene rings is 1. The van der Waals surface area contributed by atoms with Gasteiger partial charge in [0.25, 0.3) is 0 Å². The second-order valence-electron chi connectivity index (χ2n) is 4.39. The van der Waals surface area contributed by atoms with Crippen LogP contribution in [0.4, 0.5) is 0 Å². The fraction of sp³-hybridized carbons (Fsp3) is 0.429. The van der Waals surface area contributed by atoms with E-state index >= 15 is 0 Å². The van der Waals surface area contributed by atoms with Gasteiger partial charge in [-0.1, -0.05) is 6.07 Å². The SMILES string of the molecule is CCOc1ccc(CNn2c(C)n[nH]c2=S)cc1OCC. The molecule has 0 bridgehead atoms. The number of hydrogen-bond acceptors (Lipinski definition) is 5. The normalized spacial score (nSPS) is 10.4. The van der Waals surface area contributed by atoms with Crippen molar-refractivity contribution in [2.24, 2.45) is 0 Å². The van der Waals surface area contributed by atoms with E-state index in [-0.39, 0.29) is 0 Å². The van der Waals surface area contributed by atoms with Crippen LogP contribution in [0, 0.1) is 11.7 Å². The molecule has 0 amide bonds. The summed E-state index contributed by atoms with van der Waals surface area (Å²) in [6.07, 6.45) is 0. The van der Waals surface area contributed by atoms with Crippen molar-refractivity contribution in [2.45, 2.75) is 27.3 Å². The molecule has 2 N–H and O–H groups in total. The van der Waals surface area contributed by atoms with Gasteiger partial charge in [0.2, 0.25) is 4.77 Å². The molecule has 0 fully saturated rings. The smallest absolute Gasteiger partial charge is 0.214 e. The minimum absolute atomic E-state index is 0.545. The standard InChI is InChI=1S/C14H20N4O2S/c1-4-19-12-7-6-11(8-13(12)20-5-2)9-15-18-10(3)16-17-14(18)21/h6-8,15H,4-5,9H2,1-3H3,(H,17,21). The van der Waals surface area contributed by atoms with Crippen molar-refractivity contribution >= 4 is 12.2 Å². The molecule has 1 aromatic carbocycles. The zero-order valence-corrected chi connectivity index (χ0v) is 13.3. The molecule has 21 heavy (non-hydrogen) atoms. The van der Waals surface area contributed by atoms with Crippen LogP contribution in [0.5, 0.6) is 11.5 Å². The Bertz CT molecular complexity index is 651. The predicted octanol–water partition coefficient (Wildman–Crippen LogP) is 2.79. The maximum absolute atomic E-state index is 5.62. The van der Waals surface area contributed by atoms with Crippen molar-refractivity contribution in [3.05, 3.63) is 34.4 Å². The largest absolute Gasteiger partial charge is 0.490 e. The summed E-state index contributed by atoms with van der Waals surface area (Å²) in [5.41, 5.74) is 4.29. The Morgan fingerprint density at radius 1 is 1.24 bits per heavy atom. The van der Waals surface area contributed by atoms with Crippen LogP contribution in [-0.4, -0.2) is 28.1 Å². The van der Waals surface area contributed by atoms with E-state index in [0.29, 0.717) is 24.5 Å². The lowest BCUT2D eigenvalue weighted by molar-refractivity contribution is 0.287. The summed E-state index contributed by atoms with van der Waals surface area (Å²) in [7, 11) is 0. The highest BCUT2D eigenvalue weighted by atomic mass is 32.1. The van der Waals surface area contributed by atoms with E-state index in [2.05, 4.69) is 15.6 Å². The highest BCUT2D eigenvalue weighted by molar-refractivity contribution is 7.71. The summed E-state index contributed by atoms with van der Waals surface area (Å²) < 4.78 is 13.5. The summed E-state index contributed by atoms with van der Waals surface area (Å²) in [5, 5.41) is 6.79. The lowest BCUT2D eigenvalue weighted by Gasteiger charge is -2.13. The molecule has 0 aliphatic carbocycles. The Hall–Kier alpha value is -2.02. The second-order valence-corrected chi connectivity index (χ2v) is 4.78. The number of aryl methyl sites for hydroxylation is 1. The topological polar surface area (TPSA) is 64.1 Å². The number of H-pyrrole nitrogens is 1. The van der Waals surface area contributed by atoms with E-state index in [9.17, 15) is 0 Å². The van der Waals surface area contributed by atoms with Crippen molar-refractivity contribution in [3.63, 3.8) is 0 Å². The van der Waals surface area contributed by atoms with E-state index in [4.69, 9.17) is 21.7 Å². The van der Waals surface area contributed by atoms with Gasteiger partial charge in [0.1, 0.15) is 5.82 Å². The van der Waals surface area contributed by atoms with Crippen LogP contribution in [0.15, 0.2) is 18.2 Å². The zero-order valence-electron chi connectivity index (χ0n) is 12.5. The third kappa shape index (κ3) is 3.75. The lowest BCUT2D eigenvalue weighted by atomic mass is 10.2. The van der Waals surface area contributed by atoms with E-state index < -0.39 is 0 Å². The van der Waals surface area contributed by atoms with Crippen LogP contribution in [0.25, 0.3) is 0 Å². The lowest BCUT2D eigenvalue weighted by Crippen LogP contribution is -2.16. The van der Waals surface area contributed by atoms with Gasteiger partial charge >= 0.3 is 0 Å². The number of rotatable bonds is 7. The summed E-state index contributed by atoms with van der Waals surface area (Å²) in [6, 6.07) is 5.90. The maximum atomic E-state index is 5.62. The third-order valence-corrected chi connectivity index (χ3v) is 3.16. The quantitative estimate of drug-likeness (QED) is 0.770. The summed E-state index contributed by atoms with van der Waals surface area (Å²) in [4.78, 5) is 0. The van der Waals surface area contributed by atoms with Crippen LogP contribution in [0.3, 0.4) is 0 Å². The van der Waals surface area contributed by atoms with Crippen LogP contribution in [0.1, 0.15) is 25.2 Å². The minimum Gasteiger partial charge on any atom is -0.490 e. The average molecular weight is 308 g/mol. The molecule has 1 aromatic heterocycles. The number of nitrogens with one attached hydrogen (secondary N) is 2. The third-order valence-electron chi connectivity index (χ3n) is 2.89. The van der Waals surface area contributed by atoms with Crippen LogP contribution >= 0.6 is 12.2 Å². The first-order valence-corrected chi connectivity index (χ1v) is 7.33. The Kier molecular flexibility index (Phi) is 5.21. The molecular weight excluding hydrogens is 288 g/mol. The minimum atomic E-state index is 0.545.